The number of hydrogen-bond acceptors (Lipinski definition) is 3. The van der Waals surface area contributed by atoms with Gasteiger partial charge in [-0.15, -0.1) is 0 Å². The number of carbonyl (C=O) groups excluding carboxylic acids is 1. The van der Waals surface area contributed by atoms with Crippen LogP contribution < -0.4 is 10.9 Å². The van der Waals surface area contributed by atoms with E-state index in [1.165, 1.54) is 31.0 Å². The summed E-state index contributed by atoms with van der Waals surface area (Å²) in [5, 5.41) is 0. The number of carbonyl (C=O) groups is 1. The predicted octanol–water partition coefficient (Wildman–Crippen LogP) is 3.03. The molecule has 3 fully saturated rings. The summed E-state index contributed by atoms with van der Waals surface area (Å²) in [7, 11) is 0. The molecule has 2 saturated heterocycles. The number of hydrazine groups is 1. The summed E-state index contributed by atoms with van der Waals surface area (Å²) in [6, 6.07) is 4.40. The molecule has 4 nitrogen and oxygen atoms in total. The van der Waals surface area contributed by atoms with Gasteiger partial charge in [0.05, 0.1) is 5.92 Å². The molecule has 1 aliphatic carbocycles. The molecule has 0 radical (unpaired) electrons. The normalized spacial score (nSPS) is 31.3. The summed E-state index contributed by atoms with van der Waals surface area (Å²) >= 11 is 0. The van der Waals surface area contributed by atoms with Gasteiger partial charge in [-0.1, -0.05) is 6.07 Å². The number of halogens is 2. The van der Waals surface area contributed by atoms with E-state index in [1.807, 2.05) is 4.90 Å². The summed E-state index contributed by atoms with van der Waals surface area (Å²) in [6.45, 7) is 3.57. The molecule has 0 aromatic heterocycles. The van der Waals surface area contributed by atoms with Crippen LogP contribution in [0.3, 0.4) is 0 Å². The summed E-state index contributed by atoms with van der Waals surface area (Å²) in [5.74, 6) is 0.199. The predicted molar refractivity (Wildman–Crippen MR) is 99.7 cm³/mol. The highest BCUT2D eigenvalue weighted by Gasteiger charge is 2.47. The van der Waals surface area contributed by atoms with Gasteiger partial charge in [-0.3, -0.25) is 15.6 Å². The van der Waals surface area contributed by atoms with E-state index in [0.29, 0.717) is 31.2 Å². The van der Waals surface area contributed by atoms with Crippen LogP contribution in [0.15, 0.2) is 18.2 Å². The standard InChI is InChI=1S/C21H29F2N3O/c1-13-19(20(25-24-13)15-8-9-15)21(27)26-11-3-4-14(12-26)7-10-16-17(22)5-2-6-18(16)23/h2,5-6,13-15,19-20,24-25H,3-4,7-12H2,1H3. The molecular formula is C21H29F2N3O. The average Bonchev–Trinajstić information content (AvgIpc) is 3.43. The molecule has 6 heteroatoms. The lowest BCUT2D eigenvalue weighted by Crippen LogP contribution is -2.48. The Morgan fingerprint density at radius 1 is 1.19 bits per heavy atom. The monoisotopic (exact) mass is 377 g/mol. The first-order valence-corrected chi connectivity index (χ1v) is 10.3. The van der Waals surface area contributed by atoms with Crippen molar-refractivity contribution in [3.8, 4) is 0 Å². The number of likely N-dealkylation sites (tertiary alicyclic amines) is 1. The van der Waals surface area contributed by atoms with Gasteiger partial charge in [-0.2, -0.15) is 0 Å². The maximum absolute atomic E-state index is 13.9. The smallest absolute Gasteiger partial charge is 0.228 e. The van der Waals surface area contributed by atoms with Gasteiger partial charge < -0.3 is 4.90 Å². The van der Waals surface area contributed by atoms with Crippen LogP contribution >= 0.6 is 0 Å². The lowest BCUT2D eigenvalue weighted by Gasteiger charge is -2.36. The molecule has 2 heterocycles. The molecular weight excluding hydrogens is 348 g/mol. The van der Waals surface area contributed by atoms with E-state index in [2.05, 4.69) is 17.8 Å². The molecule has 4 unspecified atom stereocenters. The van der Waals surface area contributed by atoms with Crippen LogP contribution in [0, 0.1) is 29.4 Å². The minimum Gasteiger partial charge on any atom is -0.342 e. The topological polar surface area (TPSA) is 44.4 Å². The Bertz CT molecular complexity index is 674. The van der Waals surface area contributed by atoms with Gasteiger partial charge in [-0.05, 0) is 69.4 Å². The van der Waals surface area contributed by atoms with Crippen LogP contribution in [0.4, 0.5) is 8.78 Å². The molecule has 27 heavy (non-hydrogen) atoms. The van der Waals surface area contributed by atoms with Crippen molar-refractivity contribution >= 4 is 5.91 Å². The van der Waals surface area contributed by atoms with Crippen LogP contribution in [0.1, 0.15) is 44.6 Å². The molecule has 1 amide bonds. The number of hydrogen-bond donors (Lipinski definition) is 2. The molecule has 4 rings (SSSR count). The Morgan fingerprint density at radius 2 is 1.93 bits per heavy atom. The number of amides is 1. The largest absolute Gasteiger partial charge is 0.342 e. The van der Waals surface area contributed by atoms with Crippen molar-refractivity contribution in [3.63, 3.8) is 0 Å². The zero-order valence-electron chi connectivity index (χ0n) is 15.9. The Morgan fingerprint density at radius 3 is 2.63 bits per heavy atom. The number of nitrogens with one attached hydrogen (secondary N) is 2. The third-order valence-corrected chi connectivity index (χ3v) is 6.51. The zero-order valence-corrected chi connectivity index (χ0v) is 15.9. The van der Waals surface area contributed by atoms with Crippen molar-refractivity contribution in [1.82, 2.24) is 15.8 Å². The van der Waals surface area contributed by atoms with Crippen molar-refractivity contribution in [2.45, 2.75) is 57.5 Å². The Balaban J connectivity index is 1.37. The van der Waals surface area contributed by atoms with Crippen LogP contribution in [0.2, 0.25) is 0 Å². The highest BCUT2D eigenvalue weighted by molar-refractivity contribution is 5.81. The van der Waals surface area contributed by atoms with Gasteiger partial charge in [0, 0.05) is 30.7 Å². The molecule has 2 aliphatic heterocycles. The van der Waals surface area contributed by atoms with Gasteiger partial charge in [0.1, 0.15) is 11.6 Å². The molecule has 0 spiro atoms. The number of nitrogens with zero attached hydrogens (tertiary/aromatic N) is 1. The van der Waals surface area contributed by atoms with E-state index in [-0.39, 0.29) is 29.5 Å². The third kappa shape index (κ3) is 4.02. The van der Waals surface area contributed by atoms with Crippen molar-refractivity contribution in [2.75, 3.05) is 13.1 Å². The lowest BCUT2D eigenvalue weighted by atomic mass is 9.87. The van der Waals surface area contributed by atoms with E-state index in [4.69, 9.17) is 0 Å². The second-order valence-corrected chi connectivity index (χ2v) is 8.50. The summed E-state index contributed by atoms with van der Waals surface area (Å²) in [6.07, 6.45) is 5.48. The van der Waals surface area contributed by atoms with Crippen molar-refractivity contribution in [1.29, 1.82) is 0 Å². The highest BCUT2D eigenvalue weighted by Crippen LogP contribution is 2.39. The molecule has 4 atom stereocenters. The molecule has 1 aromatic carbocycles. The summed E-state index contributed by atoms with van der Waals surface area (Å²) in [4.78, 5) is 15.2. The van der Waals surface area contributed by atoms with Crippen LogP contribution in [0.5, 0.6) is 0 Å². The number of piperidine rings is 1. The molecule has 1 aromatic rings. The summed E-state index contributed by atoms with van der Waals surface area (Å²) < 4.78 is 27.7. The van der Waals surface area contributed by atoms with E-state index in [9.17, 15) is 13.6 Å². The fourth-order valence-corrected chi connectivity index (χ4v) is 4.78. The van der Waals surface area contributed by atoms with E-state index < -0.39 is 11.6 Å². The molecule has 0 bridgehead atoms. The van der Waals surface area contributed by atoms with E-state index in [0.717, 1.165) is 19.4 Å². The third-order valence-electron chi connectivity index (χ3n) is 6.51. The van der Waals surface area contributed by atoms with Gasteiger partial charge >= 0.3 is 0 Å². The first-order chi connectivity index (χ1) is 13.0. The number of rotatable bonds is 5. The van der Waals surface area contributed by atoms with E-state index >= 15 is 0 Å². The fourth-order valence-electron chi connectivity index (χ4n) is 4.78. The SMILES string of the molecule is CC1NNC(C2CC2)C1C(=O)N1CCCC(CCc2c(F)cccc2F)C1. The minimum absolute atomic E-state index is 0.0136. The van der Waals surface area contributed by atoms with Crippen LogP contribution in [0.25, 0.3) is 0 Å². The van der Waals surface area contributed by atoms with Crippen molar-refractivity contribution in [2.24, 2.45) is 17.8 Å². The van der Waals surface area contributed by atoms with Crippen LogP contribution in [-0.4, -0.2) is 36.0 Å². The molecule has 3 aliphatic rings. The van der Waals surface area contributed by atoms with Gasteiger partial charge in [0.2, 0.25) is 5.91 Å². The fraction of sp³-hybridized carbons (Fsp3) is 0.667. The van der Waals surface area contributed by atoms with Gasteiger partial charge in [0.25, 0.3) is 0 Å². The maximum atomic E-state index is 13.9. The molecule has 148 valence electrons. The first-order valence-electron chi connectivity index (χ1n) is 10.3. The second kappa shape index (κ2) is 7.84. The Labute approximate surface area is 159 Å². The first kappa shape index (κ1) is 18.8. The zero-order chi connectivity index (χ0) is 19.0. The van der Waals surface area contributed by atoms with E-state index in [1.54, 1.807) is 0 Å². The number of benzene rings is 1. The van der Waals surface area contributed by atoms with Gasteiger partial charge in [-0.25, -0.2) is 8.78 Å². The average molecular weight is 377 g/mol. The maximum Gasteiger partial charge on any atom is 0.228 e. The van der Waals surface area contributed by atoms with Gasteiger partial charge in [0.15, 0.2) is 0 Å². The Hall–Kier alpha value is -1.53. The quantitative estimate of drug-likeness (QED) is 0.829. The van der Waals surface area contributed by atoms with Crippen LogP contribution in [-0.2, 0) is 11.2 Å². The van der Waals surface area contributed by atoms with Crippen molar-refractivity contribution < 1.29 is 13.6 Å². The summed E-state index contributed by atoms with van der Waals surface area (Å²) in [5.41, 5.74) is 6.75. The van der Waals surface area contributed by atoms with Crippen molar-refractivity contribution in [3.05, 3.63) is 35.4 Å². The Kier molecular flexibility index (Phi) is 5.46. The minimum atomic E-state index is -0.469. The lowest BCUT2D eigenvalue weighted by molar-refractivity contribution is -0.138. The molecule has 1 saturated carbocycles. The second-order valence-electron chi connectivity index (χ2n) is 8.50. The molecule has 2 N–H and O–H groups in total. The highest BCUT2D eigenvalue weighted by atomic mass is 19.1.